The Labute approximate surface area is 181 Å². The number of nitrogens with zero attached hydrogens (tertiary/aromatic N) is 4. The molecule has 1 amide bonds. The zero-order valence-corrected chi connectivity index (χ0v) is 17.1. The summed E-state index contributed by atoms with van der Waals surface area (Å²) in [6.07, 6.45) is 7.05. The van der Waals surface area contributed by atoms with Crippen LogP contribution in [0.4, 0.5) is 5.82 Å². The van der Waals surface area contributed by atoms with Crippen LogP contribution < -0.4 is 10.9 Å². The molecule has 162 valence electrons. The molecular formula is C22H20N6O4. The van der Waals surface area contributed by atoms with Crippen molar-refractivity contribution in [2.24, 2.45) is 0 Å². The standard InChI is InChI=1S/C22H20N6O4/c29-20-13-4-1-2-5-14(13)23-22(25-20)28-19(11-15(26-28)17-6-3-9-31-17)24-21(30)16-10-18(32-27-16)12-7-8-12/h3,6,9-12H,1-2,4-5,7-8H2,(H,24,30)(H,23,25,29). The number of aromatic nitrogens is 5. The Morgan fingerprint density at radius 2 is 2.09 bits per heavy atom. The van der Waals surface area contributed by atoms with E-state index in [4.69, 9.17) is 8.94 Å². The van der Waals surface area contributed by atoms with Crippen molar-refractivity contribution < 1.29 is 13.7 Å². The van der Waals surface area contributed by atoms with E-state index in [9.17, 15) is 9.59 Å². The summed E-state index contributed by atoms with van der Waals surface area (Å²) in [7, 11) is 0. The second-order valence-corrected chi connectivity index (χ2v) is 8.17. The number of fused-ring (bicyclic) bond motifs is 1. The number of furan rings is 1. The number of anilines is 1. The third-order valence-electron chi connectivity index (χ3n) is 5.84. The highest BCUT2D eigenvalue weighted by atomic mass is 16.5. The third kappa shape index (κ3) is 3.33. The Balaban J connectivity index is 1.39. The summed E-state index contributed by atoms with van der Waals surface area (Å²) in [5.41, 5.74) is 1.99. The number of H-pyrrole nitrogens is 1. The van der Waals surface area contributed by atoms with E-state index in [1.54, 1.807) is 30.5 Å². The average molecular weight is 432 g/mol. The summed E-state index contributed by atoms with van der Waals surface area (Å²) in [6, 6.07) is 6.85. The number of aryl methyl sites for hydroxylation is 1. The van der Waals surface area contributed by atoms with E-state index in [0.29, 0.717) is 29.6 Å². The maximum atomic E-state index is 12.9. The minimum Gasteiger partial charge on any atom is -0.463 e. The summed E-state index contributed by atoms with van der Waals surface area (Å²) in [4.78, 5) is 33.0. The lowest BCUT2D eigenvalue weighted by Gasteiger charge is -2.15. The molecule has 0 radical (unpaired) electrons. The number of aromatic amines is 1. The van der Waals surface area contributed by atoms with Gasteiger partial charge in [0.1, 0.15) is 17.3 Å². The molecule has 1 fully saturated rings. The molecule has 0 bridgehead atoms. The van der Waals surface area contributed by atoms with Gasteiger partial charge < -0.3 is 14.3 Å². The molecule has 0 spiro atoms. The number of carbonyl (C=O) groups is 1. The van der Waals surface area contributed by atoms with Gasteiger partial charge in [-0.1, -0.05) is 5.16 Å². The van der Waals surface area contributed by atoms with Crippen molar-refractivity contribution in [3.8, 4) is 17.4 Å². The fraction of sp³-hybridized carbons (Fsp3) is 0.318. The molecule has 10 heteroatoms. The zero-order chi connectivity index (χ0) is 21.7. The molecule has 1 saturated carbocycles. The predicted octanol–water partition coefficient (Wildman–Crippen LogP) is 3.21. The van der Waals surface area contributed by atoms with Crippen LogP contribution >= 0.6 is 0 Å². The molecule has 4 aromatic rings. The molecule has 2 aliphatic carbocycles. The molecule has 0 atom stereocenters. The van der Waals surface area contributed by atoms with Crippen molar-refractivity contribution in [3.05, 3.63) is 63.6 Å². The van der Waals surface area contributed by atoms with Crippen molar-refractivity contribution in [2.75, 3.05) is 5.32 Å². The highest BCUT2D eigenvalue weighted by Gasteiger charge is 2.29. The monoisotopic (exact) mass is 432 g/mol. The van der Waals surface area contributed by atoms with E-state index in [1.165, 1.54) is 4.68 Å². The van der Waals surface area contributed by atoms with Gasteiger partial charge in [0.25, 0.3) is 11.5 Å². The lowest BCUT2D eigenvalue weighted by molar-refractivity contribution is 0.101. The molecular weight excluding hydrogens is 412 g/mol. The number of carbonyl (C=O) groups excluding carboxylic acids is 1. The summed E-state index contributed by atoms with van der Waals surface area (Å²) in [6.45, 7) is 0. The van der Waals surface area contributed by atoms with Crippen LogP contribution in [0.5, 0.6) is 0 Å². The fourth-order valence-corrected chi connectivity index (χ4v) is 4.00. The third-order valence-corrected chi connectivity index (χ3v) is 5.84. The van der Waals surface area contributed by atoms with Crippen molar-refractivity contribution in [2.45, 2.75) is 44.4 Å². The first-order chi connectivity index (χ1) is 15.7. The molecule has 4 heterocycles. The van der Waals surface area contributed by atoms with Crippen molar-refractivity contribution in [1.29, 1.82) is 0 Å². The highest BCUT2D eigenvalue weighted by Crippen LogP contribution is 2.40. The second kappa shape index (κ2) is 7.33. The Bertz CT molecular complexity index is 1360. The number of nitrogens with one attached hydrogen (secondary N) is 2. The van der Waals surface area contributed by atoms with Crippen LogP contribution in [-0.2, 0) is 12.8 Å². The largest absolute Gasteiger partial charge is 0.463 e. The maximum Gasteiger partial charge on any atom is 0.279 e. The minimum atomic E-state index is -0.437. The van der Waals surface area contributed by atoms with Crippen LogP contribution in [0.2, 0.25) is 0 Å². The topological polar surface area (TPSA) is 132 Å². The predicted molar refractivity (Wildman–Crippen MR) is 113 cm³/mol. The molecule has 0 aliphatic heterocycles. The van der Waals surface area contributed by atoms with E-state index in [2.05, 4.69) is 25.5 Å². The van der Waals surface area contributed by atoms with Gasteiger partial charge in [0.2, 0.25) is 5.95 Å². The Morgan fingerprint density at radius 1 is 1.22 bits per heavy atom. The SMILES string of the molecule is O=C(Nc1cc(-c2ccco2)nn1-c1nc2c(c(=O)[nH]1)CCCC2)c1cc(C2CC2)on1. The second-order valence-electron chi connectivity index (χ2n) is 8.17. The quantitative estimate of drug-likeness (QED) is 0.495. The molecule has 4 aromatic heterocycles. The van der Waals surface area contributed by atoms with Gasteiger partial charge in [0.15, 0.2) is 11.5 Å². The van der Waals surface area contributed by atoms with E-state index in [1.807, 2.05) is 0 Å². The average Bonchev–Trinajstić information content (AvgIpc) is 3.21. The lowest BCUT2D eigenvalue weighted by Crippen LogP contribution is -2.24. The molecule has 32 heavy (non-hydrogen) atoms. The molecule has 0 saturated heterocycles. The van der Waals surface area contributed by atoms with E-state index < -0.39 is 5.91 Å². The van der Waals surface area contributed by atoms with Crippen molar-refractivity contribution in [1.82, 2.24) is 24.9 Å². The van der Waals surface area contributed by atoms with Crippen LogP contribution in [0.3, 0.4) is 0 Å². The van der Waals surface area contributed by atoms with Gasteiger partial charge in [-0.15, -0.1) is 0 Å². The van der Waals surface area contributed by atoms with E-state index >= 15 is 0 Å². The molecule has 6 rings (SSSR count). The molecule has 0 unspecified atom stereocenters. The number of rotatable bonds is 5. The van der Waals surface area contributed by atoms with Gasteiger partial charge in [-0.3, -0.25) is 14.6 Å². The first kappa shape index (κ1) is 18.8. The number of amides is 1. The van der Waals surface area contributed by atoms with Crippen LogP contribution in [-0.4, -0.2) is 30.8 Å². The summed E-state index contributed by atoms with van der Waals surface area (Å²) in [5.74, 6) is 1.73. The lowest BCUT2D eigenvalue weighted by atomic mass is 9.97. The number of hydrogen-bond donors (Lipinski definition) is 2. The van der Waals surface area contributed by atoms with Crippen LogP contribution in [0, 0.1) is 0 Å². The number of hydrogen-bond acceptors (Lipinski definition) is 7. The normalized spacial score (nSPS) is 15.5. The van der Waals surface area contributed by atoms with E-state index in [-0.39, 0.29) is 17.2 Å². The Hall–Kier alpha value is -3.95. The summed E-state index contributed by atoms with van der Waals surface area (Å²) >= 11 is 0. The van der Waals surface area contributed by atoms with Crippen LogP contribution in [0.15, 0.2) is 44.3 Å². The highest BCUT2D eigenvalue weighted by molar-refractivity contribution is 6.02. The Kier molecular flexibility index (Phi) is 4.30. The smallest absolute Gasteiger partial charge is 0.279 e. The summed E-state index contributed by atoms with van der Waals surface area (Å²) < 4.78 is 12.2. The minimum absolute atomic E-state index is 0.178. The zero-order valence-electron chi connectivity index (χ0n) is 17.1. The van der Waals surface area contributed by atoms with Gasteiger partial charge >= 0.3 is 0 Å². The molecule has 10 nitrogen and oxygen atoms in total. The van der Waals surface area contributed by atoms with Gasteiger partial charge in [-0.2, -0.15) is 9.78 Å². The first-order valence-electron chi connectivity index (χ1n) is 10.7. The van der Waals surface area contributed by atoms with E-state index in [0.717, 1.165) is 49.1 Å². The fourth-order valence-electron chi connectivity index (χ4n) is 4.00. The van der Waals surface area contributed by atoms with Crippen LogP contribution in [0.1, 0.15) is 59.1 Å². The van der Waals surface area contributed by atoms with Gasteiger partial charge in [0.05, 0.1) is 12.0 Å². The van der Waals surface area contributed by atoms with Gasteiger partial charge in [0, 0.05) is 23.6 Å². The van der Waals surface area contributed by atoms with Gasteiger partial charge in [-0.05, 0) is 50.7 Å². The van der Waals surface area contributed by atoms with Crippen molar-refractivity contribution in [3.63, 3.8) is 0 Å². The Morgan fingerprint density at radius 3 is 2.91 bits per heavy atom. The molecule has 2 N–H and O–H groups in total. The summed E-state index contributed by atoms with van der Waals surface area (Å²) in [5, 5.41) is 11.2. The molecule has 0 aromatic carbocycles. The van der Waals surface area contributed by atoms with Crippen LogP contribution in [0.25, 0.3) is 17.4 Å². The van der Waals surface area contributed by atoms with Gasteiger partial charge in [-0.25, -0.2) is 4.98 Å². The van der Waals surface area contributed by atoms with Crippen molar-refractivity contribution >= 4 is 11.7 Å². The first-order valence-corrected chi connectivity index (χ1v) is 10.7. The molecule has 2 aliphatic rings. The maximum absolute atomic E-state index is 12.9.